The van der Waals surface area contributed by atoms with E-state index in [0.717, 1.165) is 83.5 Å². The number of hydrogen-bond donors (Lipinski definition) is 0. The van der Waals surface area contributed by atoms with Crippen LogP contribution in [0.4, 0.5) is 0 Å². The Morgan fingerprint density at radius 2 is 0.833 bits per heavy atom. The molecule has 0 N–H and O–H groups in total. The maximum Gasteiger partial charge on any atom is 0.306 e. The summed E-state index contributed by atoms with van der Waals surface area (Å²) in [4.78, 5) is 25.2. The van der Waals surface area contributed by atoms with Crippen molar-refractivity contribution < 1.29 is 23.8 Å². The van der Waals surface area contributed by atoms with Gasteiger partial charge in [-0.2, -0.15) is 0 Å². The van der Waals surface area contributed by atoms with Gasteiger partial charge in [0.15, 0.2) is 6.10 Å². The van der Waals surface area contributed by atoms with Crippen LogP contribution < -0.4 is 0 Å². The predicted octanol–water partition coefficient (Wildman–Crippen LogP) is 15.2. The predicted molar refractivity (Wildman–Crippen MR) is 233 cm³/mol. The van der Waals surface area contributed by atoms with Crippen LogP contribution in [0.25, 0.3) is 0 Å². The zero-order valence-electron chi connectivity index (χ0n) is 36.0. The van der Waals surface area contributed by atoms with E-state index in [2.05, 4.69) is 69.4 Å². The molecule has 0 rings (SSSR count). The van der Waals surface area contributed by atoms with E-state index in [1.807, 2.05) is 0 Å². The molecule has 314 valence electrons. The fraction of sp³-hybridized carbons (Fsp3) is 0.796. The molecule has 0 aromatic carbocycles. The first kappa shape index (κ1) is 51.9. The smallest absolute Gasteiger partial charge is 0.306 e. The quantitative estimate of drug-likeness (QED) is 0.0353. The zero-order valence-corrected chi connectivity index (χ0v) is 36.0. The van der Waals surface area contributed by atoms with E-state index in [-0.39, 0.29) is 25.2 Å². The normalized spacial score (nSPS) is 12.6. The third kappa shape index (κ3) is 42.6. The van der Waals surface area contributed by atoms with Crippen molar-refractivity contribution in [3.05, 3.63) is 48.6 Å². The van der Waals surface area contributed by atoms with Gasteiger partial charge in [0.05, 0.1) is 6.61 Å². The lowest BCUT2D eigenvalue weighted by atomic mass is 10.1. The van der Waals surface area contributed by atoms with E-state index < -0.39 is 6.10 Å². The molecule has 0 aromatic rings. The number of carbonyl (C=O) groups is 2. The van der Waals surface area contributed by atoms with Crippen molar-refractivity contribution in [1.29, 1.82) is 0 Å². The van der Waals surface area contributed by atoms with Gasteiger partial charge in [-0.3, -0.25) is 9.59 Å². The molecular weight excluding hydrogens is 669 g/mol. The maximum atomic E-state index is 12.7. The molecule has 0 aromatic heterocycles. The van der Waals surface area contributed by atoms with E-state index in [0.29, 0.717) is 19.4 Å². The molecule has 1 atom stereocenters. The Balaban J connectivity index is 4.19. The first-order valence-electron chi connectivity index (χ1n) is 23.2. The van der Waals surface area contributed by atoms with E-state index in [1.54, 1.807) is 0 Å². The second-order valence-electron chi connectivity index (χ2n) is 15.3. The van der Waals surface area contributed by atoms with Crippen LogP contribution in [0.15, 0.2) is 48.6 Å². The number of esters is 2. The van der Waals surface area contributed by atoms with Gasteiger partial charge in [-0.05, 0) is 77.0 Å². The van der Waals surface area contributed by atoms with Crippen LogP contribution in [0.5, 0.6) is 0 Å². The van der Waals surface area contributed by atoms with Gasteiger partial charge in [0.1, 0.15) is 6.61 Å². The Morgan fingerprint density at radius 1 is 0.426 bits per heavy atom. The molecule has 1 unspecified atom stereocenters. The van der Waals surface area contributed by atoms with Crippen LogP contribution in [-0.4, -0.2) is 37.9 Å². The summed E-state index contributed by atoms with van der Waals surface area (Å²) < 4.78 is 17.3. The fourth-order valence-electron chi connectivity index (χ4n) is 6.40. The average Bonchev–Trinajstić information content (AvgIpc) is 3.17. The van der Waals surface area contributed by atoms with E-state index in [1.165, 1.54) is 109 Å². The summed E-state index contributed by atoms with van der Waals surface area (Å²) in [5, 5.41) is 0. The van der Waals surface area contributed by atoms with Gasteiger partial charge in [0.2, 0.25) is 0 Å². The molecule has 0 saturated heterocycles. The average molecular weight is 757 g/mol. The molecule has 0 saturated carbocycles. The van der Waals surface area contributed by atoms with Crippen LogP contribution in [0.3, 0.4) is 0 Å². The van der Waals surface area contributed by atoms with Crippen LogP contribution >= 0.6 is 0 Å². The third-order valence-corrected chi connectivity index (χ3v) is 9.85. The van der Waals surface area contributed by atoms with Crippen LogP contribution in [-0.2, 0) is 23.8 Å². The second kappa shape index (κ2) is 45.3. The highest BCUT2D eigenvalue weighted by molar-refractivity contribution is 5.70. The number of carbonyl (C=O) groups excluding carboxylic acids is 2. The van der Waals surface area contributed by atoms with Crippen LogP contribution in [0.1, 0.15) is 226 Å². The zero-order chi connectivity index (χ0) is 39.3. The third-order valence-electron chi connectivity index (χ3n) is 9.85. The Labute approximate surface area is 335 Å². The number of allylic oxidation sites excluding steroid dienone is 8. The molecule has 0 aliphatic heterocycles. The van der Waals surface area contributed by atoms with E-state index in [4.69, 9.17) is 14.2 Å². The first-order chi connectivity index (χ1) is 26.6. The van der Waals surface area contributed by atoms with Crippen molar-refractivity contribution >= 4 is 11.9 Å². The summed E-state index contributed by atoms with van der Waals surface area (Å²) in [5.74, 6) is -0.415. The Kier molecular flexibility index (Phi) is 43.5. The summed E-state index contributed by atoms with van der Waals surface area (Å²) in [6.07, 6.45) is 53.9. The molecule has 5 nitrogen and oxygen atoms in total. The molecule has 0 aliphatic rings. The van der Waals surface area contributed by atoms with Gasteiger partial charge in [-0.25, -0.2) is 0 Å². The summed E-state index contributed by atoms with van der Waals surface area (Å²) in [6.45, 7) is 7.68. The summed E-state index contributed by atoms with van der Waals surface area (Å²) in [6, 6.07) is 0. The van der Waals surface area contributed by atoms with Crippen molar-refractivity contribution in [2.45, 2.75) is 232 Å². The number of ether oxygens (including phenoxy) is 3. The highest BCUT2D eigenvalue weighted by atomic mass is 16.6. The highest BCUT2D eigenvalue weighted by Gasteiger charge is 2.17. The number of rotatable bonds is 42. The molecule has 0 spiro atoms. The summed E-state index contributed by atoms with van der Waals surface area (Å²) >= 11 is 0. The molecule has 0 fully saturated rings. The Morgan fingerprint density at radius 3 is 1.37 bits per heavy atom. The lowest BCUT2D eigenvalue weighted by molar-refractivity contribution is -0.163. The maximum absolute atomic E-state index is 12.7. The minimum Gasteiger partial charge on any atom is -0.462 e. The molecule has 0 bridgehead atoms. The molecule has 0 aliphatic carbocycles. The highest BCUT2D eigenvalue weighted by Crippen LogP contribution is 2.13. The van der Waals surface area contributed by atoms with Crippen molar-refractivity contribution in [1.82, 2.24) is 0 Å². The van der Waals surface area contributed by atoms with Gasteiger partial charge < -0.3 is 14.2 Å². The van der Waals surface area contributed by atoms with Gasteiger partial charge in [0, 0.05) is 19.4 Å². The molecular formula is C49H88O5. The lowest BCUT2D eigenvalue weighted by Crippen LogP contribution is -2.30. The van der Waals surface area contributed by atoms with Crippen LogP contribution in [0.2, 0.25) is 0 Å². The van der Waals surface area contributed by atoms with Gasteiger partial charge in [-0.15, -0.1) is 0 Å². The van der Waals surface area contributed by atoms with Crippen molar-refractivity contribution in [3.63, 3.8) is 0 Å². The van der Waals surface area contributed by atoms with Gasteiger partial charge in [-0.1, -0.05) is 185 Å². The van der Waals surface area contributed by atoms with Crippen molar-refractivity contribution in [2.24, 2.45) is 0 Å². The minimum atomic E-state index is -0.538. The van der Waals surface area contributed by atoms with Gasteiger partial charge in [0.25, 0.3) is 0 Å². The monoisotopic (exact) mass is 757 g/mol. The minimum absolute atomic E-state index is 0.0785. The van der Waals surface area contributed by atoms with E-state index in [9.17, 15) is 9.59 Å². The lowest BCUT2D eigenvalue weighted by Gasteiger charge is -2.18. The Hall–Kier alpha value is -2.14. The molecule has 54 heavy (non-hydrogen) atoms. The topological polar surface area (TPSA) is 61.8 Å². The number of hydrogen-bond acceptors (Lipinski definition) is 5. The largest absolute Gasteiger partial charge is 0.462 e. The molecule has 0 radical (unpaired) electrons. The number of unbranched alkanes of at least 4 members (excludes halogenated alkanes) is 23. The van der Waals surface area contributed by atoms with Crippen molar-refractivity contribution in [2.75, 3.05) is 19.8 Å². The SMILES string of the molecule is CC/C=C\C/C=C\C/C=C\CCCCCCCCCC(=O)OCC(COCCCCCCCCCC)OC(=O)CCCCCCC/C=C\CCCCCC. The summed E-state index contributed by atoms with van der Waals surface area (Å²) in [7, 11) is 0. The van der Waals surface area contributed by atoms with Crippen LogP contribution in [0, 0.1) is 0 Å². The molecule has 0 amide bonds. The Bertz CT molecular complexity index is 904. The molecule has 5 heteroatoms. The molecule has 0 heterocycles. The van der Waals surface area contributed by atoms with E-state index >= 15 is 0 Å². The summed E-state index contributed by atoms with van der Waals surface area (Å²) in [5.41, 5.74) is 0. The standard InChI is InChI=1S/C49H88O5/c1-4-7-10-13-16-19-21-23-24-25-26-28-29-31-33-36-39-42-48(50)53-46-47(45-52-44-41-38-35-18-15-12-9-6-3)54-49(51)43-40-37-34-32-30-27-22-20-17-14-11-8-5-2/h7,10,16,19-20,22-24,47H,4-6,8-9,11-15,17-18,21,25-46H2,1-3H3/b10-7-,19-16-,22-20-,24-23-. The first-order valence-corrected chi connectivity index (χ1v) is 23.2. The van der Waals surface area contributed by atoms with Gasteiger partial charge >= 0.3 is 11.9 Å². The fourth-order valence-corrected chi connectivity index (χ4v) is 6.40. The van der Waals surface area contributed by atoms with Crippen molar-refractivity contribution in [3.8, 4) is 0 Å². The second-order valence-corrected chi connectivity index (χ2v) is 15.3.